The lowest BCUT2D eigenvalue weighted by Crippen LogP contribution is -2.27. The maximum Gasteiger partial charge on any atom is 0.412 e. The van der Waals surface area contributed by atoms with Crippen LogP contribution in [-0.4, -0.2) is 17.7 Å². The van der Waals surface area contributed by atoms with E-state index in [2.05, 4.69) is 5.32 Å². The molecule has 0 bridgehead atoms. The van der Waals surface area contributed by atoms with E-state index < -0.39 is 11.7 Å². The first kappa shape index (κ1) is 16.5. The number of hydrogen-bond acceptors (Lipinski definition) is 3. The number of carbonyl (C=O) groups is 1. The zero-order valence-corrected chi connectivity index (χ0v) is 13.0. The van der Waals surface area contributed by atoms with Crippen molar-refractivity contribution in [2.75, 3.05) is 5.32 Å². The van der Waals surface area contributed by atoms with Gasteiger partial charge in [-0.3, -0.25) is 5.32 Å². The van der Waals surface area contributed by atoms with Crippen molar-refractivity contribution in [2.24, 2.45) is 5.73 Å². The Labute approximate surface area is 124 Å². The lowest BCUT2D eigenvalue weighted by molar-refractivity contribution is 0.0636. The largest absolute Gasteiger partial charge is 0.444 e. The normalized spacial score (nSPS) is 13.3. The Kier molecular flexibility index (Phi) is 5.60. The van der Waals surface area contributed by atoms with E-state index in [9.17, 15) is 4.79 Å². The van der Waals surface area contributed by atoms with Crippen LogP contribution in [0.4, 0.5) is 10.5 Å². The highest BCUT2D eigenvalue weighted by Crippen LogP contribution is 2.23. The molecular formula is C15H21ClN2O2. The molecule has 1 rings (SSSR count). The topological polar surface area (TPSA) is 64.3 Å². The van der Waals surface area contributed by atoms with Gasteiger partial charge in [0, 0.05) is 11.1 Å². The third kappa shape index (κ3) is 6.08. The molecular weight excluding hydrogens is 276 g/mol. The van der Waals surface area contributed by atoms with Gasteiger partial charge in [0.05, 0.1) is 5.69 Å². The Balaban J connectivity index is 2.92. The van der Waals surface area contributed by atoms with Crippen LogP contribution in [0.2, 0.25) is 5.02 Å². The first-order valence-electron chi connectivity index (χ1n) is 6.41. The number of halogens is 1. The average molecular weight is 297 g/mol. The first-order valence-corrected chi connectivity index (χ1v) is 6.78. The van der Waals surface area contributed by atoms with E-state index in [0.717, 1.165) is 5.56 Å². The van der Waals surface area contributed by atoms with Crippen molar-refractivity contribution >= 4 is 29.5 Å². The highest BCUT2D eigenvalue weighted by atomic mass is 35.5. The van der Waals surface area contributed by atoms with Crippen molar-refractivity contribution in [3.05, 3.63) is 34.9 Å². The van der Waals surface area contributed by atoms with Crippen LogP contribution in [0.25, 0.3) is 6.08 Å². The molecule has 0 aliphatic heterocycles. The van der Waals surface area contributed by atoms with Crippen molar-refractivity contribution < 1.29 is 9.53 Å². The molecule has 0 heterocycles. The van der Waals surface area contributed by atoms with Gasteiger partial charge in [0.1, 0.15) is 5.60 Å². The van der Waals surface area contributed by atoms with Gasteiger partial charge in [-0.15, -0.1) is 0 Å². The standard InChI is InChI=1S/C15H21ClN2O2/c1-10(17)5-6-11-9-12(16)7-8-13(11)18-14(19)20-15(2,3)4/h5-10H,17H2,1-4H3,(H,18,19)/b6-5+. The lowest BCUT2D eigenvalue weighted by Gasteiger charge is -2.20. The van der Waals surface area contributed by atoms with Gasteiger partial charge in [-0.2, -0.15) is 0 Å². The summed E-state index contributed by atoms with van der Waals surface area (Å²) in [5.74, 6) is 0. The summed E-state index contributed by atoms with van der Waals surface area (Å²) in [4.78, 5) is 11.8. The predicted octanol–water partition coefficient (Wildman–Crippen LogP) is 4.05. The second-order valence-corrected chi connectivity index (χ2v) is 6.01. The number of carbonyl (C=O) groups excluding carboxylic acids is 1. The Morgan fingerprint density at radius 3 is 2.65 bits per heavy atom. The van der Waals surface area contributed by atoms with Crippen molar-refractivity contribution in [2.45, 2.75) is 39.3 Å². The van der Waals surface area contributed by atoms with Crippen LogP contribution in [0.15, 0.2) is 24.3 Å². The quantitative estimate of drug-likeness (QED) is 0.884. The molecule has 0 radical (unpaired) electrons. The minimum atomic E-state index is -0.543. The summed E-state index contributed by atoms with van der Waals surface area (Å²) in [6.07, 6.45) is 3.14. The molecule has 0 aliphatic carbocycles. The number of nitrogens with two attached hydrogens (primary N) is 1. The maximum atomic E-state index is 11.8. The second kappa shape index (κ2) is 6.77. The summed E-state index contributed by atoms with van der Waals surface area (Å²) >= 11 is 5.97. The van der Waals surface area contributed by atoms with Crippen LogP contribution in [0, 0.1) is 0 Å². The predicted molar refractivity (Wildman–Crippen MR) is 84.0 cm³/mol. The number of ether oxygens (including phenoxy) is 1. The van der Waals surface area contributed by atoms with Crippen LogP contribution in [0.5, 0.6) is 0 Å². The van der Waals surface area contributed by atoms with Crippen LogP contribution < -0.4 is 11.1 Å². The minimum absolute atomic E-state index is 0.0802. The summed E-state index contributed by atoms with van der Waals surface area (Å²) in [5, 5.41) is 3.29. The van der Waals surface area contributed by atoms with Crippen molar-refractivity contribution in [1.29, 1.82) is 0 Å². The molecule has 110 valence electrons. The molecule has 0 spiro atoms. The zero-order valence-electron chi connectivity index (χ0n) is 12.2. The molecule has 0 saturated carbocycles. The summed E-state index contributed by atoms with van der Waals surface area (Å²) in [7, 11) is 0. The number of hydrogen-bond donors (Lipinski definition) is 2. The fourth-order valence-electron chi connectivity index (χ4n) is 1.45. The van der Waals surface area contributed by atoms with Crippen molar-refractivity contribution in [3.63, 3.8) is 0 Å². The third-order valence-corrected chi connectivity index (χ3v) is 2.46. The molecule has 4 nitrogen and oxygen atoms in total. The number of rotatable bonds is 3. The summed E-state index contributed by atoms with van der Waals surface area (Å²) in [6, 6.07) is 5.11. The fourth-order valence-corrected chi connectivity index (χ4v) is 1.63. The number of benzene rings is 1. The molecule has 0 saturated heterocycles. The summed E-state index contributed by atoms with van der Waals surface area (Å²) in [5.41, 5.74) is 6.54. The van der Waals surface area contributed by atoms with Gasteiger partial charge in [0.25, 0.3) is 0 Å². The van der Waals surface area contributed by atoms with E-state index in [-0.39, 0.29) is 6.04 Å². The second-order valence-electron chi connectivity index (χ2n) is 5.58. The Morgan fingerprint density at radius 1 is 1.45 bits per heavy atom. The van der Waals surface area contributed by atoms with Gasteiger partial charge in [-0.1, -0.05) is 23.8 Å². The number of anilines is 1. The van der Waals surface area contributed by atoms with E-state index in [0.29, 0.717) is 10.7 Å². The molecule has 1 aromatic rings. The molecule has 1 aromatic carbocycles. The van der Waals surface area contributed by atoms with E-state index in [1.165, 1.54) is 0 Å². The smallest absolute Gasteiger partial charge is 0.412 e. The van der Waals surface area contributed by atoms with Gasteiger partial charge in [-0.05, 0) is 51.5 Å². The van der Waals surface area contributed by atoms with Gasteiger partial charge in [-0.25, -0.2) is 4.79 Å². The van der Waals surface area contributed by atoms with Crippen LogP contribution in [-0.2, 0) is 4.74 Å². The Bertz CT molecular complexity index is 505. The third-order valence-electron chi connectivity index (χ3n) is 2.23. The van der Waals surface area contributed by atoms with Crippen molar-refractivity contribution in [3.8, 4) is 0 Å². The van der Waals surface area contributed by atoms with Gasteiger partial charge >= 0.3 is 6.09 Å². The molecule has 20 heavy (non-hydrogen) atoms. The molecule has 0 aliphatic rings. The Morgan fingerprint density at radius 2 is 2.10 bits per heavy atom. The zero-order chi connectivity index (χ0) is 15.3. The molecule has 3 N–H and O–H groups in total. The van der Waals surface area contributed by atoms with Crippen LogP contribution in [0.1, 0.15) is 33.3 Å². The van der Waals surface area contributed by atoms with Crippen LogP contribution >= 0.6 is 11.6 Å². The summed E-state index contributed by atoms with van der Waals surface area (Å²) in [6.45, 7) is 7.30. The van der Waals surface area contributed by atoms with E-state index >= 15 is 0 Å². The molecule has 1 amide bonds. The summed E-state index contributed by atoms with van der Waals surface area (Å²) < 4.78 is 5.22. The lowest BCUT2D eigenvalue weighted by atomic mass is 10.1. The Hall–Kier alpha value is -1.52. The van der Waals surface area contributed by atoms with Gasteiger partial charge < -0.3 is 10.5 Å². The minimum Gasteiger partial charge on any atom is -0.444 e. The molecule has 1 unspecified atom stereocenters. The SMILES string of the molecule is CC(N)/C=C/c1cc(Cl)ccc1NC(=O)OC(C)(C)C. The average Bonchev–Trinajstić information content (AvgIpc) is 2.26. The van der Waals surface area contributed by atoms with Gasteiger partial charge in [0.15, 0.2) is 0 Å². The van der Waals surface area contributed by atoms with E-state index in [1.807, 2.05) is 39.8 Å². The molecule has 0 fully saturated rings. The van der Waals surface area contributed by atoms with Gasteiger partial charge in [0.2, 0.25) is 0 Å². The van der Waals surface area contributed by atoms with Crippen LogP contribution in [0.3, 0.4) is 0 Å². The molecule has 1 atom stereocenters. The van der Waals surface area contributed by atoms with Crippen molar-refractivity contribution in [1.82, 2.24) is 0 Å². The maximum absolute atomic E-state index is 11.8. The highest BCUT2D eigenvalue weighted by molar-refractivity contribution is 6.30. The molecule has 5 heteroatoms. The monoisotopic (exact) mass is 296 g/mol. The number of nitrogens with one attached hydrogen (secondary N) is 1. The number of amides is 1. The van der Waals surface area contributed by atoms with E-state index in [4.69, 9.17) is 22.1 Å². The van der Waals surface area contributed by atoms with E-state index in [1.54, 1.807) is 18.2 Å². The first-order chi connectivity index (χ1) is 9.17. The highest BCUT2D eigenvalue weighted by Gasteiger charge is 2.16. The molecule has 0 aromatic heterocycles. The fraction of sp³-hybridized carbons (Fsp3) is 0.400.